The Kier molecular flexibility index (Phi) is 9.84. The third-order valence-electron chi connectivity index (χ3n) is 4.52. The van der Waals surface area contributed by atoms with E-state index in [1.807, 2.05) is 6.20 Å². The molecular formula is C19H33NO2S. The molecule has 2 rings (SSSR count). The highest BCUT2D eigenvalue weighted by Crippen LogP contribution is 2.25. The van der Waals surface area contributed by atoms with Crippen LogP contribution in [-0.4, -0.2) is 24.0 Å². The van der Waals surface area contributed by atoms with Gasteiger partial charge >= 0.3 is 0 Å². The van der Waals surface area contributed by atoms with Gasteiger partial charge < -0.3 is 9.47 Å². The van der Waals surface area contributed by atoms with Crippen LogP contribution in [0.5, 0.6) is 0 Å². The predicted octanol–water partition coefficient (Wildman–Crippen LogP) is 5.74. The van der Waals surface area contributed by atoms with E-state index in [2.05, 4.69) is 17.3 Å². The molecule has 1 saturated heterocycles. The SMILES string of the molecule is CCCCCCC1CCC(OCCCCCCc2nccs2)O1. The van der Waals surface area contributed by atoms with Crippen molar-refractivity contribution in [2.75, 3.05) is 6.61 Å². The molecular weight excluding hydrogens is 306 g/mol. The average Bonchev–Trinajstić information content (AvgIpc) is 3.22. The molecule has 1 aliphatic heterocycles. The van der Waals surface area contributed by atoms with Gasteiger partial charge in [-0.3, -0.25) is 0 Å². The molecule has 2 heterocycles. The number of hydrogen-bond acceptors (Lipinski definition) is 4. The van der Waals surface area contributed by atoms with E-state index in [1.165, 1.54) is 62.8 Å². The number of hydrogen-bond donors (Lipinski definition) is 0. The molecule has 0 aromatic carbocycles. The largest absolute Gasteiger partial charge is 0.353 e. The number of unbranched alkanes of at least 4 members (excludes halogenated alkanes) is 6. The zero-order valence-corrected chi connectivity index (χ0v) is 15.5. The van der Waals surface area contributed by atoms with Crippen LogP contribution in [0.4, 0.5) is 0 Å². The Bertz CT molecular complexity index is 383. The lowest BCUT2D eigenvalue weighted by atomic mass is 10.1. The third kappa shape index (κ3) is 8.27. The predicted molar refractivity (Wildman–Crippen MR) is 96.9 cm³/mol. The van der Waals surface area contributed by atoms with Gasteiger partial charge in [0.15, 0.2) is 6.29 Å². The van der Waals surface area contributed by atoms with Crippen molar-refractivity contribution in [1.82, 2.24) is 4.98 Å². The maximum atomic E-state index is 5.99. The van der Waals surface area contributed by atoms with Crippen molar-refractivity contribution in [3.05, 3.63) is 16.6 Å². The van der Waals surface area contributed by atoms with Gasteiger partial charge in [0.25, 0.3) is 0 Å². The lowest BCUT2D eigenvalue weighted by Gasteiger charge is -2.14. The van der Waals surface area contributed by atoms with E-state index in [4.69, 9.17) is 9.47 Å². The Morgan fingerprint density at radius 1 is 1.13 bits per heavy atom. The number of aryl methyl sites for hydroxylation is 1. The Balaban J connectivity index is 1.38. The van der Waals surface area contributed by atoms with Crippen LogP contribution in [0.15, 0.2) is 11.6 Å². The maximum absolute atomic E-state index is 5.99. The fourth-order valence-corrected chi connectivity index (χ4v) is 3.79. The fourth-order valence-electron chi connectivity index (χ4n) is 3.13. The molecule has 0 amide bonds. The van der Waals surface area contributed by atoms with Crippen LogP contribution in [0.1, 0.15) is 82.6 Å². The van der Waals surface area contributed by atoms with Crippen LogP contribution in [-0.2, 0) is 15.9 Å². The first-order valence-electron chi connectivity index (χ1n) is 9.54. The Hall–Kier alpha value is -0.450. The second kappa shape index (κ2) is 12.0. The van der Waals surface area contributed by atoms with Crippen molar-refractivity contribution in [3.8, 4) is 0 Å². The standard InChI is InChI=1S/C19H33NO2S/c1-2-3-4-7-10-17-12-13-19(22-17)21-15-9-6-5-8-11-18-20-14-16-23-18/h14,16-17,19H,2-13,15H2,1H3. The molecule has 2 unspecified atom stereocenters. The number of thiazole rings is 1. The summed E-state index contributed by atoms with van der Waals surface area (Å²) in [5.74, 6) is 0. The van der Waals surface area contributed by atoms with Gasteiger partial charge in [-0.2, -0.15) is 0 Å². The molecule has 1 aliphatic rings. The van der Waals surface area contributed by atoms with Gasteiger partial charge in [-0.05, 0) is 32.1 Å². The van der Waals surface area contributed by atoms with Crippen LogP contribution in [0.3, 0.4) is 0 Å². The maximum Gasteiger partial charge on any atom is 0.158 e. The summed E-state index contributed by atoms with van der Waals surface area (Å²) in [5, 5.41) is 3.33. The molecule has 0 radical (unpaired) electrons. The Labute approximate surface area is 145 Å². The van der Waals surface area contributed by atoms with Crippen molar-refractivity contribution in [2.24, 2.45) is 0 Å². The van der Waals surface area contributed by atoms with Crippen molar-refractivity contribution in [3.63, 3.8) is 0 Å². The van der Waals surface area contributed by atoms with Gasteiger partial charge in [0.2, 0.25) is 0 Å². The van der Waals surface area contributed by atoms with E-state index in [1.54, 1.807) is 11.3 Å². The van der Waals surface area contributed by atoms with Gasteiger partial charge in [0, 0.05) is 24.6 Å². The quantitative estimate of drug-likeness (QED) is 0.430. The molecule has 1 fully saturated rings. The zero-order chi connectivity index (χ0) is 16.2. The van der Waals surface area contributed by atoms with Crippen molar-refractivity contribution in [2.45, 2.75) is 96.4 Å². The molecule has 3 nitrogen and oxygen atoms in total. The molecule has 23 heavy (non-hydrogen) atoms. The monoisotopic (exact) mass is 339 g/mol. The van der Waals surface area contributed by atoms with E-state index in [0.29, 0.717) is 6.10 Å². The van der Waals surface area contributed by atoms with Gasteiger partial charge in [-0.15, -0.1) is 11.3 Å². The van der Waals surface area contributed by atoms with Crippen LogP contribution < -0.4 is 0 Å². The molecule has 0 saturated carbocycles. The number of ether oxygens (including phenoxy) is 2. The van der Waals surface area contributed by atoms with Gasteiger partial charge in [-0.25, -0.2) is 4.98 Å². The zero-order valence-electron chi connectivity index (χ0n) is 14.7. The fraction of sp³-hybridized carbons (Fsp3) is 0.842. The van der Waals surface area contributed by atoms with Crippen molar-refractivity contribution >= 4 is 11.3 Å². The molecule has 0 bridgehead atoms. The Morgan fingerprint density at radius 3 is 2.83 bits per heavy atom. The number of rotatable bonds is 13. The van der Waals surface area contributed by atoms with Crippen LogP contribution >= 0.6 is 11.3 Å². The minimum absolute atomic E-state index is 0.0708. The summed E-state index contributed by atoms with van der Waals surface area (Å²) in [7, 11) is 0. The molecule has 4 heteroatoms. The lowest BCUT2D eigenvalue weighted by molar-refractivity contribution is -0.135. The molecule has 1 aromatic rings. The minimum Gasteiger partial charge on any atom is -0.353 e. The molecule has 0 N–H and O–H groups in total. The number of aromatic nitrogens is 1. The van der Waals surface area contributed by atoms with Gasteiger partial charge in [0.05, 0.1) is 11.1 Å². The van der Waals surface area contributed by atoms with E-state index in [9.17, 15) is 0 Å². The van der Waals surface area contributed by atoms with E-state index < -0.39 is 0 Å². The molecule has 0 spiro atoms. The summed E-state index contributed by atoms with van der Waals surface area (Å²) in [6, 6.07) is 0. The van der Waals surface area contributed by atoms with E-state index in [-0.39, 0.29) is 6.29 Å². The van der Waals surface area contributed by atoms with Crippen molar-refractivity contribution < 1.29 is 9.47 Å². The first-order valence-corrected chi connectivity index (χ1v) is 10.4. The van der Waals surface area contributed by atoms with E-state index in [0.717, 1.165) is 25.9 Å². The van der Waals surface area contributed by atoms with Gasteiger partial charge in [0.1, 0.15) is 0 Å². The lowest BCUT2D eigenvalue weighted by Crippen LogP contribution is -2.15. The topological polar surface area (TPSA) is 31.4 Å². The summed E-state index contributed by atoms with van der Waals surface area (Å²) in [6.45, 7) is 3.11. The molecule has 1 aromatic heterocycles. The van der Waals surface area contributed by atoms with Crippen LogP contribution in [0.2, 0.25) is 0 Å². The normalized spacial score (nSPS) is 21.1. The second-order valence-corrected chi connectivity index (χ2v) is 7.55. The second-order valence-electron chi connectivity index (χ2n) is 6.58. The third-order valence-corrected chi connectivity index (χ3v) is 5.36. The highest BCUT2D eigenvalue weighted by Gasteiger charge is 2.24. The van der Waals surface area contributed by atoms with Crippen molar-refractivity contribution in [1.29, 1.82) is 0 Å². The first kappa shape index (κ1) is 18.9. The summed E-state index contributed by atoms with van der Waals surface area (Å²) in [6.07, 6.45) is 17.3. The van der Waals surface area contributed by atoms with Crippen LogP contribution in [0, 0.1) is 0 Å². The summed E-state index contributed by atoms with van der Waals surface area (Å²) in [4.78, 5) is 4.32. The Morgan fingerprint density at radius 2 is 2.00 bits per heavy atom. The highest BCUT2D eigenvalue weighted by atomic mass is 32.1. The summed E-state index contributed by atoms with van der Waals surface area (Å²) >= 11 is 1.76. The highest BCUT2D eigenvalue weighted by molar-refractivity contribution is 7.09. The van der Waals surface area contributed by atoms with Crippen LogP contribution in [0.25, 0.3) is 0 Å². The average molecular weight is 340 g/mol. The molecule has 132 valence electrons. The summed E-state index contributed by atoms with van der Waals surface area (Å²) < 4.78 is 11.9. The van der Waals surface area contributed by atoms with E-state index >= 15 is 0 Å². The minimum atomic E-state index is 0.0708. The van der Waals surface area contributed by atoms with Gasteiger partial charge in [-0.1, -0.05) is 45.4 Å². The summed E-state index contributed by atoms with van der Waals surface area (Å²) in [5.41, 5.74) is 0. The molecule has 2 atom stereocenters. The first-order chi connectivity index (χ1) is 11.4. The number of nitrogens with zero attached hydrogens (tertiary/aromatic N) is 1. The molecule has 0 aliphatic carbocycles. The smallest absolute Gasteiger partial charge is 0.158 e.